The molecule has 0 radical (unpaired) electrons. The van der Waals surface area contributed by atoms with Crippen molar-refractivity contribution in [1.29, 1.82) is 0 Å². The largest absolute Gasteiger partial charge is 0.382 e. The molecule has 0 aliphatic heterocycles. The van der Waals surface area contributed by atoms with Crippen LogP contribution in [-0.4, -0.2) is 16.7 Å². The van der Waals surface area contributed by atoms with Crippen LogP contribution >= 0.6 is 0 Å². The van der Waals surface area contributed by atoms with Crippen LogP contribution in [0.15, 0.2) is 12.1 Å². The molecule has 0 atom stereocenters. The Morgan fingerprint density at radius 2 is 2.21 bits per heavy atom. The van der Waals surface area contributed by atoms with Crippen molar-refractivity contribution in [2.24, 2.45) is 0 Å². The molecule has 0 unspecified atom stereocenters. The molecule has 0 aromatic carbocycles. The van der Waals surface area contributed by atoms with Gasteiger partial charge in [-0.05, 0) is 25.0 Å². The zero-order valence-electron chi connectivity index (χ0n) is 8.03. The van der Waals surface area contributed by atoms with Gasteiger partial charge in [-0.15, -0.1) is 22.5 Å². The SMILES string of the molecule is C#CCCCCNc1ccc(N)nn1. The third kappa shape index (κ3) is 3.76. The van der Waals surface area contributed by atoms with Crippen molar-refractivity contribution in [3.8, 4) is 12.3 Å². The van der Waals surface area contributed by atoms with E-state index in [1.165, 1.54) is 0 Å². The minimum absolute atomic E-state index is 0.433. The number of unbranched alkanes of at least 4 members (excludes halogenated alkanes) is 2. The molecule has 0 bridgehead atoms. The van der Waals surface area contributed by atoms with Gasteiger partial charge in [-0.3, -0.25) is 0 Å². The summed E-state index contributed by atoms with van der Waals surface area (Å²) in [4.78, 5) is 0. The quantitative estimate of drug-likeness (QED) is 0.542. The van der Waals surface area contributed by atoms with Crippen LogP contribution in [0.25, 0.3) is 0 Å². The van der Waals surface area contributed by atoms with Crippen LogP contribution in [0.4, 0.5) is 11.6 Å². The highest BCUT2D eigenvalue weighted by molar-refractivity contribution is 5.38. The Hall–Kier alpha value is -1.76. The molecule has 1 rings (SSSR count). The van der Waals surface area contributed by atoms with Crippen molar-refractivity contribution in [1.82, 2.24) is 10.2 Å². The fourth-order valence-corrected chi connectivity index (χ4v) is 1.01. The molecular formula is C10H14N4. The molecule has 1 aromatic rings. The maximum absolute atomic E-state index is 5.40. The molecule has 74 valence electrons. The van der Waals surface area contributed by atoms with Crippen molar-refractivity contribution < 1.29 is 0 Å². The first-order valence-electron chi connectivity index (χ1n) is 4.59. The lowest BCUT2D eigenvalue weighted by atomic mass is 10.2. The second-order valence-corrected chi connectivity index (χ2v) is 2.93. The van der Waals surface area contributed by atoms with Gasteiger partial charge < -0.3 is 11.1 Å². The lowest BCUT2D eigenvalue weighted by molar-refractivity contribution is 0.785. The van der Waals surface area contributed by atoms with Crippen LogP contribution in [0.3, 0.4) is 0 Å². The number of aromatic nitrogens is 2. The molecule has 4 heteroatoms. The Bertz CT molecular complexity index is 299. The summed E-state index contributed by atoms with van der Waals surface area (Å²) in [5.41, 5.74) is 5.40. The van der Waals surface area contributed by atoms with Gasteiger partial charge in [-0.25, -0.2) is 0 Å². The van der Waals surface area contributed by atoms with Gasteiger partial charge in [-0.1, -0.05) is 0 Å². The number of hydrogen-bond donors (Lipinski definition) is 2. The standard InChI is InChI=1S/C10H14N4/c1-2-3-4-5-8-12-10-7-6-9(11)13-14-10/h1,6-7H,3-5,8H2,(H2,11,13)(H,12,14). The second kappa shape index (κ2) is 5.81. The van der Waals surface area contributed by atoms with Gasteiger partial charge in [0.05, 0.1) is 0 Å². The molecule has 0 fully saturated rings. The van der Waals surface area contributed by atoms with Gasteiger partial charge in [0.2, 0.25) is 0 Å². The highest BCUT2D eigenvalue weighted by atomic mass is 15.2. The van der Waals surface area contributed by atoms with Gasteiger partial charge >= 0.3 is 0 Å². The van der Waals surface area contributed by atoms with Crippen LogP contribution < -0.4 is 11.1 Å². The molecule has 1 heterocycles. The van der Waals surface area contributed by atoms with Gasteiger partial charge in [0, 0.05) is 13.0 Å². The van der Waals surface area contributed by atoms with Crippen molar-refractivity contribution in [2.75, 3.05) is 17.6 Å². The minimum Gasteiger partial charge on any atom is -0.382 e. The van der Waals surface area contributed by atoms with E-state index < -0.39 is 0 Å². The number of anilines is 2. The van der Waals surface area contributed by atoms with Crippen LogP contribution in [0.2, 0.25) is 0 Å². The highest BCUT2D eigenvalue weighted by Gasteiger charge is 1.93. The zero-order valence-corrected chi connectivity index (χ0v) is 8.03. The summed E-state index contributed by atoms with van der Waals surface area (Å²) in [6, 6.07) is 3.53. The first-order valence-corrected chi connectivity index (χ1v) is 4.59. The Morgan fingerprint density at radius 3 is 2.86 bits per heavy atom. The Labute approximate surface area is 83.9 Å². The molecule has 4 nitrogen and oxygen atoms in total. The van der Waals surface area contributed by atoms with E-state index in [2.05, 4.69) is 21.4 Å². The number of nitrogens with zero attached hydrogens (tertiary/aromatic N) is 2. The number of hydrogen-bond acceptors (Lipinski definition) is 4. The molecule has 0 amide bonds. The Morgan fingerprint density at radius 1 is 1.36 bits per heavy atom. The molecule has 0 saturated carbocycles. The molecule has 0 spiro atoms. The molecule has 0 aliphatic carbocycles. The number of nitrogen functional groups attached to an aromatic ring is 1. The van der Waals surface area contributed by atoms with E-state index >= 15 is 0 Å². The lowest BCUT2D eigenvalue weighted by Gasteiger charge is -2.03. The van der Waals surface area contributed by atoms with E-state index in [0.717, 1.165) is 31.6 Å². The predicted molar refractivity (Wildman–Crippen MR) is 57.6 cm³/mol. The number of rotatable bonds is 5. The topological polar surface area (TPSA) is 63.8 Å². The summed E-state index contributed by atoms with van der Waals surface area (Å²) in [6.07, 6.45) is 8.03. The fraction of sp³-hybridized carbons (Fsp3) is 0.400. The number of terminal acetylenes is 1. The smallest absolute Gasteiger partial charge is 0.148 e. The van der Waals surface area contributed by atoms with E-state index in [0.29, 0.717) is 5.82 Å². The van der Waals surface area contributed by atoms with Crippen molar-refractivity contribution >= 4 is 11.6 Å². The summed E-state index contributed by atoms with van der Waals surface area (Å²) in [6.45, 7) is 0.861. The lowest BCUT2D eigenvalue weighted by Crippen LogP contribution is -2.04. The average Bonchev–Trinajstić information content (AvgIpc) is 2.21. The van der Waals surface area contributed by atoms with Gasteiger partial charge in [-0.2, -0.15) is 0 Å². The predicted octanol–water partition coefficient (Wildman–Crippen LogP) is 1.27. The normalized spacial score (nSPS) is 9.36. The minimum atomic E-state index is 0.433. The summed E-state index contributed by atoms with van der Waals surface area (Å²) in [5.74, 6) is 3.78. The first kappa shape index (κ1) is 10.3. The van der Waals surface area contributed by atoms with E-state index in [1.54, 1.807) is 6.07 Å². The number of nitrogens with one attached hydrogen (secondary N) is 1. The summed E-state index contributed by atoms with van der Waals surface area (Å²) >= 11 is 0. The molecular weight excluding hydrogens is 176 g/mol. The summed E-state index contributed by atoms with van der Waals surface area (Å²) in [7, 11) is 0. The first-order chi connectivity index (χ1) is 6.83. The monoisotopic (exact) mass is 190 g/mol. The van der Waals surface area contributed by atoms with Crippen LogP contribution in [0.1, 0.15) is 19.3 Å². The highest BCUT2D eigenvalue weighted by Crippen LogP contribution is 2.03. The van der Waals surface area contributed by atoms with E-state index in [-0.39, 0.29) is 0 Å². The van der Waals surface area contributed by atoms with E-state index in [4.69, 9.17) is 12.2 Å². The van der Waals surface area contributed by atoms with E-state index in [1.807, 2.05) is 6.07 Å². The average molecular weight is 190 g/mol. The summed E-state index contributed by atoms with van der Waals surface area (Å²) in [5, 5.41) is 10.7. The molecule has 0 aliphatic rings. The van der Waals surface area contributed by atoms with Gasteiger partial charge in [0.15, 0.2) is 0 Å². The molecule has 3 N–H and O–H groups in total. The molecule has 14 heavy (non-hydrogen) atoms. The van der Waals surface area contributed by atoms with Crippen molar-refractivity contribution in [2.45, 2.75) is 19.3 Å². The Kier molecular flexibility index (Phi) is 4.29. The molecule has 1 aromatic heterocycles. The molecule has 0 saturated heterocycles. The zero-order chi connectivity index (χ0) is 10.2. The maximum Gasteiger partial charge on any atom is 0.148 e. The number of nitrogens with two attached hydrogens (primary N) is 1. The summed E-state index contributed by atoms with van der Waals surface area (Å²) < 4.78 is 0. The Balaban J connectivity index is 2.19. The van der Waals surface area contributed by atoms with Crippen LogP contribution in [0.5, 0.6) is 0 Å². The fourth-order valence-electron chi connectivity index (χ4n) is 1.01. The van der Waals surface area contributed by atoms with Crippen LogP contribution in [0, 0.1) is 12.3 Å². The third-order valence-corrected chi connectivity index (χ3v) is 1.74. The van der Waals surface area contributed by atoms with Gasteiger partial charge in [0.1, 0.15) is 11.6 Å². The van der Waals surface area contributed by atoms with Crippen molar-refractivity contribution in [3.05, 3.63) is 12.1 Å². The van der Waals surface area contributed by atoms with Gasteiger partial charge in [0.25, 0.3) is 0 Å². The van der Waals surface area contributed by atoms with Crippen molar-refractivity contribution in [3.63, 3.8) is 0 Å². The second-order valence-electron chi connectivity index (χ2n) is 2.93. The third-order valence-electron chi connectivity index (χ3n) is 1.74. The van der Waals surface area contributed by atoms with Crippen LogP contribution in [-0.2, 0) is 0 Å². The van der Waals surface area contributed by atoms with E-state index in [9.17, 15) is 0 Å². The maximum atomic E-state index is 5.40.